The molecule has 6 heteroatoms. The van der Waals surface area contributed by atoms with Crippen molar-refractivity contribution in [1.29, 1.82) is 0 Å². The third kappa shape index (κ3) is 3.37. The number of hydrogen-bond donors (Lipinski definition) is 2. The molecule has 0 bridgehead atoms. The van der Waals surface area contributed by atoms with Crippen molar-refractivity contribution in [1.82, 2.24) is 4.72 Å². The van der Waals surface area contributed by atoms with Crippen LogP contribution < -0.4 is 4.72 Å². The molecule has 2 atom stereocenters. The summed E-state index contributed by atoms with van der Waals surface area (Å²) in [7, 11) is -3.58. The number of nitrogens with one attached hydrogen (secondary N) is 1. The molecule has 1 fully saturated rings. The Morgan fingerprint density at radius 1 is 1.20 bits per heavy atom. The summed E-state index contributed by atoms with van der Waals surface area (Å²) >= 11 is 0. The van der Waals surface area contributed by atoms with E-state index in [-0.39, 0.29) is 16.5 Å². The lowest BCUT2D eigenvalue weighted by molar-refractivity contribution is 0.0696. The first kappa shape index (κ1) is 15.0. The van der Waals surface area contributed by atoms with E-state index in [1.165, 1.54) is 24.3 Å². The van der Waals surface area contributed by atoms with Gasteiger partial charge in [-0.2, -0.15) is 0 Å². The molecule has 1 saturated carbocycles. The summed E-state index contributed by atoms with van der Waals surface area (Å²) in [6.07, 6.45) is 4.07. The second-order valence-corrected chi connectivity index (χ2v) is 7.03. The number of carboxylic acid groups (broad SMARTS) is 1. The van der Waals surface area contributed by atoms with E-state index in [0.29, 0.717) is 5.92 Å². The van der Waals surface area contributed by atoms with Gasteiger partial charge in [-0.3, -0.25) is 0 Å². The van der Waals surface area contributed by atoms with Crippen LogP contribution in [0.3, 0.4) is 0 Å². The number of aromatic carboxylic acids is 1. The lowest BCUT2D eigenvalue weighted by atomic mass is 9.87. The van der Waals surface area contributed by atoms with Crippen molar-refractivity contribution >= 4 is 16.0 Å². The van der Waals surface area contributed by atoms with E-state index < -0.39 is 16.0 Å². The van der Waals surface area contributed by atoms with Crippen molar-refractivity contribution in [2.45, 2.75) is 43.5 Å². The summed E-state index contributed by atoms with van der Waals surface area (Å²) in [4.78, 5) is 10.9. The molecule has 1 aliphatic rings. The van der Waals surface area contributed by atoms with Gasteiger partial charge in [-0.05, 0) is 43.0 Å². The first-order chi connectivity index (χ1) is 9.40. The first-order valence-electron chi connectivity index (χ1n) is 6.76. The molecular weight excluding hydrogens is 278 g/mol. The Morgan fingerprint density at radius 3 is 2.35 bits per heavy atom. The van der Waals surface area contributed by atoms with Crippen LogP contribution in [0.25, 0.3) is 0 Å². The first-order valence-corrected chi connectivity index (χ1v) is 8.24. The molecule has 0 spiro atoms. The van der Waals surface area contributed by atoms with Crippen molar-refractivity contribution in [2.24, 2.45) is 5.92 Å². The van der Waals surface area contributed by atoms with Crippen LogP contribution in [0.1, 0.15) is 43.0 Å². The fraction of sp³-hybridized carbons (Fsp3) is 0.500. The Hall–Kier alpha value is -1.40. The molecule has 0 radical (unpaired) electrons. The molecule has 0 unspecified atom stereocenters. The summed E-state index contributed by atoms with van der Waals surface area (Å²) in [6.45, 7) is 2.06. The zero-order chi connectivity index (χ0) is 14.8. The highest BCUT2D eigenvalue weighted by atomic mass is 32.2. The predicted octanol–water partition coefficient (Wildman–Crippen LogP) is 2.24. The van der Waals surface area contributed by atoms with Gasteiger partial charge in [-0.15, -0.1) is 0 Å². The minimum absolute atomic E-state index is 0.0344. The second-order valence-electron chi connectivity index (χ2n) is 5.32. The summed E-state index contributed by atoms with van der Waals surface area (Å²) in [6, 6.07) is 5.24. The average molecular weight is 297 g/mol. The average Bonchev–Trinajstić information content (AvgIpc) is 2.41. The highest BCUT2D eigenvalue weighted by Crippen LogP contribution is 2.25. The number of rotatable bonds is 4. The van der Waals surface area contributed by atoms with E-state index in [9.17, 15) is 13.2 Å². The van der Waals surface area contributed by atoms with Crippen LogP contribution >= 0.6 is 0 Å². The monoisotopic (exact) mass is 297 g/mol. The molecule has 110 valence electrons. The fourth-order valence-electron chi connectivity index (χ4n) is 2.54. The molecule has 0 aliphatic heterocycles. The summed E-state index contributed by atoms with van der Waals surface area (Å²) < 4.78 is 27.3. The summed E-state index contributed by atoms with van der Waals surface area (Å²) in [5.74, 6) is -0.736. The minimum Gasteiger partial charge on any atom is -0.478 e. The third-order valence-corrected chi connectivity index (χ3v) is 5.34. The van der Waals surface area contributed by atoms with Gasteiger partial charge in [0.2, 0.25) is 10.0 Å². The van der Waals surface area contributed by atoms with Crippen molar-refractivity contribution in [3.05, 3.63) is 29.8 Å². The molecule has 2 rings (SSSR count). The van der Waals surface area contributed by atoms with Gasteiger partial charge in [-0.1, -0.05) is 19.8 Å². The van der Waals surface area contributed by atoms with Crippen LogP contribution in [0.2, 0.25) is 0 Å². The molecule has 0 saturated heterocycles. The molecule has 0 heterocycles. The topological polar surface area (TPSA) is 83.5 Å². The van der Waals surface area contributed by atoms with Crippen LogP contribution in [0.15, 0.2) is 29.2 Å². The molecule has 0 aromatic heterocycles. The second kappa shape index (κ2) is 5.93. The van der Waals surface area contributed by atoms with E-state index in [0.717, 1.165) is 25.7 Å². The zero-order valence-electron chi connectivity index (χ0n) is 11.4. The number of carboxylic acids is 1. The van der Waals surface area contributed by atoms with Crippen LogP contribution in [0.5, 0.6) is 0 Å². The predicted molar refractivity (Wildman–Crippen MR) is 75.1 cm³/mol. The van der Waals surface area contributed by atoms with Gasteiger partial charge in [0.25, 0.3) is 0 Å². The Labute approximate surface area is 119 Å². The highest BCUT2D eigenvalue weighted by molar-refractivity contribution is 7.89. The SMILES string of the molecule is C[C@@H]1CCCC[C@H]1NS(=O)(=O)c1ccc(C(=O)O)cc1. The summed E-state index contributed by atoms with van der Waals surface area (Å²) in [5, 5.41) is 8.81. The largest absolute Gasteiger partial charge is 0.478 e. The Morgan fingerprint density at radius 2 is 1.80 bits per heavy atom. The molecule has 20 heavy (non-hydrogen) atoms. The maximum absolute atomic E-state index is 12.3. The maximum Gasteiger partial charge on any atom is 0.335 e. The molecule has 1 aromatic rings. The lowest BCUT2D eigenvalue weighted by Gasteiger charge is -2.29. The van der Waals surface area contributed by atoms with Crippen molar-refractivity contribution in [3.63, 3.8) is 0 Å². The van der Waals surface area contributed by atoms with Crippen LogP contribution in [-0.4, -0.2) is 25.5 Å². The minimum atomic E-state index is -3.58. The number of hydrogen-bond acceptors (Lipinski definition) is 3. The van der Waals surface area contributed by atoms with Crippen LogP contribution in [-0.2, 0) is 10.0 Å². The molecule has 0 amide bonds. The lowest BCUT2D eigenvalue weighted by Crippen LogP contribution is -2.40. The third-order valence-electron chi connectivity index (χ3n) is 3.83. The van der Waals surface area contributed by atoms with Gasteiger partial charge in [0.1, 0.15) is 0 Å². The van der Waals surface area contributed by atoms with Gasteiger partial charge in [0, 0.05) is 6.04 Å². The Kier molecular flexibility index (Phi) is 4.45. The van der Waals surface area contributed by atoms with Crippen molar-refractivity contribution in [2.75, 3.05) is 0 Å². The van der Waals surface area contributed by atoms with Crippen LogP contribution in [0.4, 0.5) is 0 Å². The van der Waals surface area contributed by atoms with Gasteiger partial charge in [-0.25, -0.2) is 17.9 Å². The van der Waals surface area contributed by atoms with Gasteiger partial charge < -0.3 is 5.11 Å². The molecule has 2 N–H and O–H groups in total. The van der Waals surface area contributed by atoms with Gasteiger partial charge in [0.15, 0.2) is 0 Å². The molecular formula is C14H19NO4S. The van der Waals surface area contributed by atoms with Crippen molar-refractivity contribution in [3.8, 4) is 0 Å². The number of carbonyl (C=O) groups is 1. The van der Waals surface area contributed by atoms with Crippen LogP contribution in [0, 0.1) is 5.92 Å². The Balaban J connectivity index is 2.15. The van der Waals surface area contributed by atoms with E-state index in [4.69, 9.17) is 5.11 Å². The number of sulfonamides is 1. The quantitative estimate of drug-likeness (QED) is 0.892. The number of benzene rings is 1. The molecule has 1 aromatic carbocycles. The van der Waals surface area contributed by atoms with E-state index in [2.05, 4.69) is 11.6 Å². The van der Waals surface area contributed by atoms with E-state index >= 15 is 0 Å². The summed E-state index contributed by atoms with van der Waals surface area (Å²) in [5.41, 5.74) is 0.0787. The Bertz CT molecular complexity index is 580. The normalized spacial score (nSPS) is 23.4. The fourth-order valence-corrected chi connectivity index (χ4v) is 3.91. The van der Waals surface area contributed by atoms with Gasteiger partial charge in [0.05, 0.1) is 10.5 Å². The van der Waals surface area contributed by atoms with Gasteiger partial charge >= 0.3 is 5.97 Å². The van der Waals surface area contributed by atoms with E-state index in [1.54, 1.807) is 0 Å². The molecule has 5 nitrogen and oxygen atoms in total. The standard InChI is InChI=1S/C14H19NO4S/c1-10-4-2-3-5-13(10)15-20(18,19)12-8-6-11(7-9-12)14(16)17/h6-10,13,15H,2-5H2,1H3,(H,16,17)/t10-,13-/m1/s1. The smallest absolute Gasteiger partial charge is 0.335 e. The molecule has 1 aliphatic carbocycles. The van der Waals surface area contributed by atoms with Crippen molar-refractivity contribution < 1.29 is 18.3 Å². The van der Waals surface area contributed by atoms with E-state index in [1.807, 2.05) is 0 Å². The maximum atomic E-state index is 12.3. The zero-order valence-corrected chi connectivity index (χ0v) is 12.2. The highest BCUT2D eigenvalue weighted by Gasteiger charge is 2.26.